The molecule has 0 saturated heterocycles. The van der Waals surface area contributed by atoms with Crippen LogP contribution in [0.4, 0.5) is 0 Å². The zero-order chi connectivity index (χ0) is 63.8. The average molecular weight is 1220 g/mol. The van der Waals surface area contributed by atoms with Crippen molar-refractivity contribution in [3.8, 4) is 5.75 Å². The third kappa shape index (κ3) is 27.0. The minimum Gasteiger partial charge on any atom is -0.508 e. The Balaban J connectivity index is 2.44. The predicted molar refractivity (Wildman–Crippen MR) is 318 cm³/mol. The molecule has 0 unspecified atom stereocenters. The van der Waals surface area contributed by atoms with Crippen LogP contribution < -0.4 is 65.1 Å². The Kier molecular flexibility index (Phi) is 34.0. The van der Waals surface area contributed by atoms with Crippen LogP contribution in [0, 0.1) is 11.8 Å². The summed E-state index contributed by atoms with van der Waals surface area (Å²) < 4.78 is 0. The number of phenols is 1. The van der Waals surface area contributed by atoms with Crippen LogP contribution in [0.2, 0.25) is 0 Å². The highest BCUT2D eigenvalue weighted by atomic mass is 32.2. The number of hydrogen-bond donors (Lipinski definition) is 16. The molecule has 0 heterocycles. The van der Waals surface area contributed by atoms with Crippen molar-refractivity contribution in [3.05, 3.63) is 65.7 Å². The summed E-state index contributed by atoms with van der Waals surface area (Å²) in [5.41, 5.74) is 18.5. The van der Waals surface area contributed by atoms with E-state index in [9.17, 15) is 73.2 Å². The zero-order valence-corrected chi connectivity index (χ0v) is 50.2. The number of thioether (sulfide) groups is 1. The molecule has 0 radical (unpaired) electrons. The molecule has 11 atom stereocenters. The third-order valence-electron chi connectivity index (χ3n) is 13.9. The van der Waals surface area contributed by atoms with Gasteiger partial charge < -0.3 is 85.5 Å². The summed E-state index contributed by atoms with van der Waals surface area (Å²) in [7, 11) is 0. The number of carboxylic acids is 2. The lowest BCUT2D eigenvalue weighted by Gasteiger charge is -2.30. The predicted octanol–water partition coefficient (Wildman–Crippen LogP) is -1.46. The lowest BCUT2D eigenvalue weighted by atomic mass is 9.96. The fourth-order valence-electron chi connectivity index (χ4n) is 8.52. The lowest BCUT2D eigenvalue weighted by molar-refractivity contribution is -0.143. The molecule has 0 aliphatic heterocycles. The van der Waals surface area contributed by atoms with E-state index in [1.807, 2.05) is 6.26 Å². The van der Waals surface area contributed by atoms with Crippen molar-refractivity contribution in [1.82, 2.24) is 47.9 Å². The van der Waals surface area contributed by atoms with E-state index in [2.05, 4.69) is 47.9 Å². The molecule has 9 amide bonds. The molecule has 27 nitrogen and oxygen atoms in total. The standard InChI is InChI=1S/C57H90N12O15S/c1-7-33(4)47(56(82)66-42(29-35-15-9-8-10-16-35)53(79)65-43(30-36-19-21-37(71)22-20-36)54(80)68-46(32(2)3)57(83)84)69-52(78)40(18-12-14-27-59)63-51(77)41(23-24-45(72)73)64-55(81)44(31-70)67-48(74)34(5)61-50(76)39(17-11-13-26-58)62-49(75)38(60)25-28-85-6/h8-10,15-16,19-22,32-34,38-44,46-47,70-71H,7,11-14,17-18,23-31,58-60H2,1-6H3,(H,61,76)(H,62,75)(H,63,77)(H,64,81)(H,65,79)(H,66,82)(H,67,74)(H,68,80)(H,69,78)(H,72,73)(H,83,84)/t33-,34-,38-,39-,40-,41-,42-,43-,44-,46-,47-/m0/s1. The first kappa shape index (κ1) is 73.7. The zero-order valence-electron chi connectivity index (χ0n) is 49.4. The quantitative estimate of drug-likeness (QED) is 0.0338. The molecule has 28 heteroatoms. The number of hydrogen-bond acceptors (Lipinski definition) is 17. The third-order valence-corrected chi connectivity index (χ3v) is 14.6. The van der Waals surface area contributed by atoms with Gasteiger partial charge in [-0.05, 0) is 118 Å². The molecule has 0 fully saturated rings. The molecular weight excluding hydrogens is 1120 g/mol. The van der Waals surface area contributed by atoms with Crippen LogP contribution >= 0.6 is 11.8 Å². The number of carbonyl (C=O) groups is 11. The van der Waals surface area contributed by atoms with E-state index < -0.39 is 157 Å². The number of rotatable bonds is 41. The molecule has 474 valence electrons. The van der Waals surface area contributed by atoms with E-state index in [1.54, 1.807) is 58.0 Å². The number of amides is 9. The summed E-state index contributed by atoms with van der Waals surface area (Å²) in [5, 5.41) is 62.6. The van der Waals surface area contributed by atoms with Crippen molar-refractivity contribution in [2.45, 2.75) is 172 Å². The monoisotopic (exact) mass is 1210 g/mol. The van der Waals surface area contributed by atoms with Crippen LogP contribution in [0.5, 0.6) is 5.75 Å². The smallest absolute Gasteiger partial charge is 0.326 e. The Morgan fingerprint density at radius 1 is 0.506 bits per heavy atom. The highest BCUT2D eigenvalue weighted by Gasteiger charge is 2.37. The van der Waals surface area contributed by atoms with E-state index in [-0.39, 0.29) is 44.4 Å². The Labute approximate surface area is 500 Å². The highest BCUT2D eigenvalue weighted by molar-refractivity contribution is 7.98. The first-order chi connectivity index (χ1) is 40.3. The number of aromatic hydroxyl groups is 1. The Hall–Kier alpha value is -7.40. The molecule has 0 aliphatic rings. The SMILES string of the molecule is CC[C@H](C)[C@H](NC(=O)[C@H](CCCCN)NC(=O)[C@H](CCC(=O)O)NC(=O)[C@H](CO)NC(=O)[C@H](C)NC(=O)[C@H](CCCCN)NC(=O)[C@@H](N)CCSC)C(=O)N[C@@H](Cc1ccccc1)C(=O)N[C@@H](Cc1ccc(O)cc1)C(=O)N[C@H](C(=O)O)C(C)C. The van der Waals surface area contributed by atoms with Crippen LogP contribution in [0.3, 0.4) is 0 Å². The van der Waals surface area contributed by atoms with Crippen molar-refractivity contribution in [1.29, 1.82) is 0 Å². The minimum atomic E-state index is -1.76. The van der Waals surface area contributed by atoms with Gasteiger partial charge in [-0.3, -0.25) is 47.9 Å². The second kappa shape index (κ2) is 39.3. The second-order valence-corrected chi connectivity index (χ2v) is 22.2. The number of benzene rings is 2. The van der Waals surface area contributed by atoms with Gasteiger partial charge in [0.2, 0.25) is 53.2 Å². The summed E-state index contributed by atoms with van der Waals surface area (Å²) in [6.45, 7) is 7.34. The number of unbranched alkanes of at least 4 members (excludes halogenated alkanes) is 2. The highest BCUT2D eigenvalue weighted by Crippen LogP contribution is 2.16. The number of carbonyl (C=O) groups excluding carboxylic acids is 9. The Morgan fingerprint density at radius 3 is 1.44 bits per heavy atom. The van der Waals surface area contributed by atoms with Gasteiger partial charge in [0.1, 0.15) is 60.1 Å². The molecule has 0 bridgehead atoms. The van der Waals surface area contributed by atoms with Crippen LogP contribution in [0.25, 0.3) is 0 Å². The summed E-state index contributed by atoms with van der Waals surface area (Å²) >= 11 is 1.49. The van der Waals surface area contributed by atoms with E-state index in [0.29, 0.717) is 55.5 Å². The van der Waals surface area contributed by atoms with Crippen LogP contribution in [-0.4, -0.2) is 178 Å². The van der Waals surface area contributed by atoms with Crippen molar-refractivity contribution in [3.63, 3.8) is 0 Å². The Morgan fingerprint density at radius 2 is 0.941 bits per heavy atom. The van der Waals surface area contributed by atoms with Crippen molar-refractivity contribution in [2.24, 2.45) is 29.0 Å². The van der Waals surface area contributed by atoms with E-state index in [4.69, 9.17) is 17.2 Å². The van der Waals surface area contributed by atoms with Gasteiger partial charge >= 0.3 is 11.9 Å². The van der Waals surface area contributed by atoms with Gasteiger partial charge in [0, 0.05) is 19.3 Å². The molecule has 0 aliphatic carbocycles. The number of carboxylic acid groups (broad SMARTS) is 2. The molecule has 0 saturated carbocycles. The van der Waals surface area contributed by atoms with Crippen molar-refractivity contribution in [2.75, 3.05) is 31.7 Å². The van der Waals surface area contributed by atoms with Crippen LogP contribution in [0.15, 0.2) is 54.6 Å². The van der Waals surface area contributed by atoms with E-state index in [1.165, 1.54) is 43.0 Å². The first-order valence-electron chi connectivity index (χ1n) is 28.6. The molecular formula is C57H90N12O15S. The maximum atomic E-state index is 14.6. The van der Waals surface area contributed by atoms with Gasteiger partial charge in [0.15, 0.2) is 0 Å². The number of nitrogens with two attached hydrogens (primary N) is 3. The molecule has 85 heavy (non-hydrogen) atoms. The summed E-state index contributed by atoms with van der Waals surface area (Å²) in [6, 6.07) is 0.550. The molecule has 0 aromatic heterocycles. The molecule has 2 rings (SSSR count). The normalized spacial score (nSPS) is 15.0. The fourth-order valence-corrected chi connectivity index (χ4v) is 9.01. The van der Waals surface area contributed by atoms with Gasteiger partial charge in [0.05, 0.1) is 12.6 Å². The second-order valence-electron chi connectivity index (χ2n) is 21.2. The van der Waals surface area contributed by atoms with Crippen LogP contribution in [0.1, 0.15) is 110 Å². The lowest BCUT2D eigenvalue weighted by Crippen LogP contribution is -2.61. The van der Waals surface area contributed by atoms with E-state index >= 15 is 0 Å². The van der Waals surface area contributed by atoms with E-state index in [0.717, 1.165) is 0 Å². The van der Waals surface area contributed by atoms with Crippen molar-refractivity contribution < 1.29 is 73.2 Å². The molecule has 19 N–H and O–H groups in total. The Bertz CT molecular complexity index is 2500. The number of aliphatic carboxylic acids is 2. The maximum Gasteiger partial charge on any atom is 0.326 e. The molecule has 2 aromatic rings. The number of nitrogens with one attached hydrogen (secondary N) is 9. The molecule has 2 aromatic carbocycles. The van der Waals surface area contributed by atoms with Gasteiger partial charge in [-0.2, -0.15) is 11.8 Å². The maximum absolute atomic E-state index is 14.6. The minimum absolute atomic E-state index is 0.0664. The topological polar surface area (TPSA) is 455 Å². The number of phenolic OH excluding ortho intramolecular Hbond substituents is 1. The van der Waals surface area contributed by atoms with Gasteiger partial charge in [-0.1, -0.05) is 76.6 Å². The van der Waals surface area contributed by atoms with Crippen molar-refractivity contribution >= 4 is 76.9 Å². The number of aliphatic hydroxyl groups excluding tert-OH is 1. The van der Waals surface area contributed by atoms with Gasteiger partial charge in [-0.25, -0.2) is 4.79 Å². The summed E-state index contributed by atoms with van der Waals surface area (Å²) in [5.74, 6) is -11.2. The summed E-state index contributed by atoms with van der Waals surface area (Å²) in [6.07, 6.45) is 2.68. The molecule has 0 spiro atoms. The largest absolute Gasteiger partial charge is 0.508 e. The van der Waals surface area contributed by atoms with Gasteiger partial charge in [0.25, 0.3) is 0 Å². The summed E-state index contributed by atoms with van der Waals surface area (Å²) in [4.78, 5) is 149. The van der Waals surface area contributed by atoms with Gasteiger partial charge in [-0.15, -0.1) is 0 Å². The average Bonchev–Trinajstić information content (AvgIpc) is 3.66. The fraction of sp³-hybridized carbons (Fsp3) is 0.596. The number of aliphatic hydroxyl groups is 1. The first-order valence-corrected chi connectivity index (χ1v) is 29.9. The van der Waals surface area contributed by atoms with Crippen LogP contribution in [-0.2, 0) is 65.6 Å².